The van der Waals surface area contributed by atoms with Crippen molar-refractivity contribution in [3.8, 4) is 11.5 Å². The molecule has 0 aromatic heterocycles. The Hall–Kier alpha value is -2.82. The maximum absolute atomic E-state index is 12.4. The zero-order valence-electron chi connectivity index (χ0n) is 18.5. The van der Waals surface area contributed by atoms with E-state index in [9.17, 15) is 10.2 Å². The Morgan fingerprint density at radius 3 is 1.97 bits per heavy atom. The first kappa shape index (κ1) is 21.0. The molecule has 2 aliphatic heterocycles. The topological polar surface area (TPSA) is 49.7 Å². The lowest BCUT2D eigenvalue weighted by molar-refractivity contribution is -0.985. The first-order chi connectivity index (χ1) is 15.6. The van der Waals surface area contributed by atoms with E-state index in [-0.39, 0.29) is 11.2 Å². The predicted octanol–water partition coefficient (Wildman–Crippen LogP) is 5.06. The lowest BCUT2D eigenvalue weighted by Gasteiger charge is -2.46. The minimum Gasteiger partial charge on any atom is -0.504 e. The molecule has 0 saturated carbocycles. The molecule has 4 nitrogen and oxygen atoms in total. The van der Waals surface area contributed by atoms with E-state index in [2.05, 4.69) is 24.3 Å². The lowest BCUT2D eigenvalue weighted by Crippen LogP contribution is -2.60. The maximum Gasteiger partial charge on any atom is 0.254 e. The number of rotatable bonds is 8. The van der Waals surface area contributed by atoms with E-state index in [1.165, 1.54) is 0 Å². The molecule has 166 valence electrons. The van der Waals surface area contributed by atoms with Crippen molar-refractivity contribution in [1.82, 2.24) is 0 Å². The average molecular weight is 431 g/mol. The van der Waals surface area contributed by atoms with Crippen LogP contribution in [0.25, 0.3) is 0 Å². The second-order valence-corrected chi connectivity index (χ2v) is 9.57. The summed E-state index contributed by atoms with van der Waals surface area (Å²) in [6, 6.07) is 27.5. The van der Waals surface area contributed by atoms with Crippen molar-refractivity contribution in [2.24, 2.45) is 5.41 Å². The van der Waals surface area contributed by atoms with Gasteiger partial charge in [0.05, 0.1) is 26.2 Å². The molecule has 3 aromatic carbocycles. The fourth-order valence-corrected chi connectivity index (χ4v) is 6.13. The van der Waals surface area contributed by atoms with Gasteiger partial charge in [-0.1, -0.05) is 48.5 Å². The van der Waals surface area contributed by atoms with Crippen LogP contribution in [0.2, 0.25) is 0 Å². The largest absolute Gasteiger partial charge is 0.504 e. The van der Waals surface area contributed by atoms with Crippen molar-refractivity contribution in [2.75, 3.05) is 26.2 Å². The summed E-state index contributed by atoms with van der Waals surface area (Å²) < 4.78 is 6.54. The van der Waals surface area contributed by atoms with Gasteiger partial charge in [0.2, 0.25) is 0 Å². The number of phenolic OH excluding ortho intramolecular Hbond substituents is 1. The summed E-state index contributed by atoms with van der Waals surface area (Å²) in [4.78, 5) is 0. The number of ether oxygens (including phenoxy) is 1. The third-order valence-electron chi connectivity index (χ3n) is 7.79. The van der Waals surface area contributed by atoms with E-state index in [4.69, 9.17) is 4.74 Å². The normalized spacial score (nSPS) is 24.5. The Morgan fingerprint density at radius 1 is 0.812 bits per heavy atom. The molecule has 0 aliphatic carbocycles. The zero-order valence-corrected chi connectivity index (χ0v) is 18.5. The standard InChI is InChI=1S/C28H31NO3/c30-25-14-7-8-15-26(25)32-21-9-16-27-17-19-29(22-27,20-18-27)28(31,23-10-3-1-4-11-23)24-12-5-2-6-13-24/h1-8,10-15,31H,9,16-22H2/p+1. The molecule has 2 saturated heterocycles. The molecule has 0 atom stereocenters. The van der Waals surface area contributed by atoms with Crippen LogP contribution in [0.4, 0.5) is 0 Å². The van der Waals surface area contributed by atoms with Gasteiger partial charge in [-0.05, 0) is 49.2 Å². The van der Waals surface area contributed by atoms with E-state index < -0.39 is 5.72 Å². The molecule has 0 spiro atoms. The second-order valence-electron chi connectivity index (χ2n) is 9.57. The summed E-state index contributed by atoms with van der Waals surface area (Å²) in [6.45, 7) is 3.56. The number of aromatic hydroxyl groups is 1. The first-order valence-electron chi connectivity index (χ1n) is 11.7. The Labute approximate surface area is 190 Å². The van der Waals surface area contributed by atoms with Crippen LogP contribution in [0.3, 0.4) is 0 Å². The molecular formula is C28H32NO3+. The van der Waals surface area contributed by atoms with E-state index in [1.807, 2.05) is 42.5 Å². The number of aliphatic hydroxyl groups is 1. The van der Waals surface area contributed by atoms with E-state index >= 15 is 0 Å². The number of quaternary nitrogens is 1. The molecule has 32 heavy (non-hydrogen) atoms. The highest BCUT2D eigenvalue weighted by Crippen LogP contribution is 2.56. The Bertz CT molecular complexity index is 1000. The monoisotopic (exact) mass is 430 g/mol. The smallest absolute Gasteiger partial charge is 0.254 e. The number of fused-ring (bicyclic) bond motifs is 2. The first-order valence-corrected chi connectivity index (χ1v) is 11.7. The van der Waals surface area contributed by atoms with Crippen molar-refractivity contribution >= 4 is 0 Å². The number of para-hydroxylation sites is 2. The number of nitrogens with zero attached hydrogens (tertiary/aromatic N) is 1. The van der Waals surface area contributed by atoms with Crippen LogP contribution in [0.15, 0.2) is 84.9 Å². The van der Waals surface area contributed by atoms with Crippen LogP contribution >= 0.6 is 0 Å². The average Bonchev–Trinajstić information content (AvgIpc) is 3.42. The summed E-state index contributed by atoms with van der Waals surface area (Å²) in [6.07, 6.45) is 4.29. The number of hydrogen-bond acceptors (Lipinski definition) is 3. The number of piperidine rings is 1. The molecule has 4 heteroatoms. The molecule has 2 heterocycles. The van der Waals surface area contributed by atoms with Gasteiger partial charge in [-0.25, -0.2) is 0 Å². The summed E-state index contributed by atoms with van der Waals surface area (Å²) in [7, 11) is 0. The quantitative estimate of drug-likeness (QED) is 0.388. The van der Waals surface area contributed by atoms with Crippen LogP contribution in [0.1, 0.15) is 36.8 Å². The Morgan fingerprint density at radius 2 is 1.38 bits per heavy atom. The summed E-state index contributed by atoms with van der Waals surface area (Å²) in [5.41, 5.74) is 1.17. The fourth-order valence-electron chi connectivity index (χ4n) is 6.13. The Balaban J connectivity index is 1.34. The molecule has 2 aliphatic rings. The van der Waals surface area contributed by atoms with E-state index in [0.29, 0.717) is 16.8 Å². The highest BCUT2D eigenvalue weighted by Gasteiger charge is 2.64. The predicted molar refractivity (Wildman–Crippen MR) is 125 cm³/mol. The van der Waals surface area contributed by atoms with Crippen molar-refractivity contribution < 1.29 is 19.4 Å². The second kappa shape index (κ2) is 8.27. The third-order valence-corrected chi connectivity index (χ3v) is 7.79. The van der Waals surface area contributed by atoms with Gasteiger partial charge >= 0.3 is 0 Å². The van der Waals surface area contributed by atoms with Gasteiger partial charge < -0.3 is 14.9 Å². The van der Waals surface area contributed by atoms with Crippen molar-refractivity contribution in [2.45, 2.75) is 31.4 Å². The molecule has 0 radical (unpaired) electrons. The molecule has 2 bridgehead atoms. The molecular weight excluding hydrogens is 398 g/mol. The van der Waals surface area contributed by atoms with Crippen molar-refractivity contribution in [3.05, 3.63) is 96.1 Å². The summed E-state index contributed by atoms with van der Waals surface area (Å²) in [5, 5.41) is 22.3. The van der Waals surface area contributed by atoms with Gasteiger partial charge in [0.1, 0.15) is 0 Å². The number of benzene rings is 3. The third kappa shape index (κ3) is 3.48. The molecule has 5 rings (SSSR count). The summed E-state index contributed by atoms with van der Waals surface area (Å²) in [5.74, 6) is 0.745. The van der Waals surface area contributed by atoms with E-state index in [1.54, 1.807) is 18.2 Å². The SMILES string of the molecule is Oc1ccccc1OCCCC12CC[N+](C(O)(c3ccccc3)c3ccccc3)(CC1)C2. The molecule has 3 aromatic rings. The van der Waals surface area contributed by atoms with Crippen molar-refractivity contribution in [3.63, 3.8) is 0 Å². The Kier molecular flexibility index (Phi) is 5.44. The highest BCUT2D eigenvalue weighted by atomic mass is 16.5. The number of phenols is 1. The maximum atomic E-state index is 12.4. The molecule has 0 unspecified atom stereocenters. The van der Waals surface area contributed by atoms with Gasteiger partial charge in [-0.3, -0.25) is 4.48 Å². The fraction of sp³-hybridized carbons (Fsp3) is 0.357. The summed E-state index contributed by atoms with van der Waals surface area (Å²) >= 11 is 0. The van der Waals surface area contributed by atoms with E-state index in [0.717, 1.165) is 56.4 Å². The van der Waals surface area contributed by atoms with Gasteiger partial charge in [0.25, 0.3) is 5.72 Å². The number of hydrogen-bond donors (Lipinski definition) is 2. The lowest BCUT2D eigenvalue weighted by atomic mass is 9.80. The van der Waals surface area contributed by atoms with Crippen LogP contribution in [0.5, 0.6) is 11.5 Å². The van der Waals surface area contributed by atoms with Crippen molar-refractivity contribution in [1.29, 1.82) is 0 Å². The molecule has 0 amide bonds. The zero-order chi connectivity index (χ0) is 22.1. The van der Waals surface area contributed by atoms with Gasteiger partial charge in [-0.2, -0.15) is 0 Å². The van der Waals surface area contributed by atoms with Crippen LogP contribution in [-0.2, 0) is 5.72 Å². The minimum atomic E-state index is -1.03. The van der Waals surface area contributed by atoms with Gasteiger partial charge in [-0.15, -0.1) is 0 Å². The van der Waals surface area contributed by atoms with Crippen LogP contribution in [0, 0.1) is 5.41 Å². The van der Waals surface area contributed by atoms with Crippen LogP contribution in [-0.4, -0.2) is 40.9 Å². The van der Waals surface area contributed by atoms with Crippen LogP contribution < -0.4 is 4.74 Å². The molecule has 2 fully saturated rings. The van der Waals surface area contributed by atoms with Gasteiger partial charge in [0.15, 0.2) is 11.5 Å². The molecule has 2 N–H and O–H groups in total. The minimum absolute atomic E-state index is 0.193. The highest BCUT2D eigenvalue weighted by molar-refractivity contribution is 5.38. The van der Waals surface area contributed by atoms with Gasteiger partial charge in [0, 0.05) is 29.4 Å².